The van der Waals surface area contributed by atoms with Gasteiger partial charge in [-0.15, -0.1) is 0 Å². The minimum Gasteiger partial charge on any atom is -0.321 e. The first-order valence-corrected chi connectivity index (χ1v) is 10.4. The highest BCUT2D eigenvalue weighted by molar-refractivity contribution is 8.45. The van der Waals surface area contributed by atoms with Crippen molar-refractivity contribution in [3.05, 3.63) is 77.1 Å². The average molecular weight is 431 g/mol. The number of hydrogen-bond donors (Lipinski definition) is 1. The van der Waals surface area contributed by atoms with E-state index >= 15 is 0 Å². The number of nitrogens with zero attached hydrogens (tertiary/aromatic N) is 2. The Morgan fingerprint density at radius 1 is 0.966 bits per heavy atom. The monoisotopic (exact) mass is 431 g/mol. The molecule has 0 aliphatic rings. The molecule has 2 aromatic carbocycles. The summed E-state index contributed by atoms with van der Waals surface area (Å²) < 4.78 is 65.4. The van der Waals surface area contributed by atoms with Crippen LogP contribution in [0.1, 0.15) is 27.3 Å². The zero-order valence-corrected chi connectivity index (χ0v) is 16.3. The second kappa shape index (κ2) is 6.31. The van der Waals surface area contributed by atoms with Crippen LogP contribution in [0.5, 0.6) is 0 Å². The van der Waals surface area contributed by atoms with Crippen LogP contribution in [0, 0.1) is 13.8 Å². The van der Waals surface area contributed by atoms with Gasteiger partial charge >= 0.3 is 10.2 Å². The molecule has 3 rings (SSSR count). The molecule has 3 aromatic rings. The molecule has 0 aliphatic heterocycles. The first-order chi connectivity index (χ1) is 13.2. The molecule has 0 fully saturated rings. The van der Waals surface area contributed by atoms with Crippen LogP contribution in [-0.2, 0) is 6.54 Å². The highest BCUT2D eigenvalue weighted by Crippen LogP contribution is 3.02. The van der Waals surface area contributed by atoms with E-state index in [2.05, 4.69) is 10.4 Å². The molecule has 0 bridgehead atoms. The number of rotatable bonds is 5. The number of aromatic nitrogens is 2. The van der Waals surface area contributed by atoms with Crippen LogP contribution in [0.15, 0.2) is 59.5 Å². The second-order valence-corrected chi connectivity index (χ2v) is 9.17. The largest absolute Gasteiger partial charge is 0.321 e. The maximum Gasteiger partial charge on any atom is 0.310 e. The molecule has 0 aliphatic carbocycles. The highest BCUT2D eigenvalue weighted by atomic mass is 32.5. The summed E-state index contributed by atoms with van der Waals surface area (Å²) in [5.74, 6) is -0.657. The summed E-state index contributed by atoms with van der Waals surface area (Å²) in [6, 6.07) is 11.4. The van der Waals surface area contributed by atoms with E-state index in [-0.39, 0.29) is 23.5 Å². The minimum atomic E-state index is -9.74. The first-order valence-electron chi connectivity index (χ1n) is 8.47. The zero-order valence-electron chi connectivity index (χ0n) is 15.5. The number of carbonyl (C=O) groups is 1. The van der Waals surface area contributed by atoms with E-state index in [0.29, 0.717) is 12.2 Å². The van der Waals surface area contributed by atoms with Crippen LogP contribution < -0.4 is 5.32 Å². The molecule has 1 aromatic heterocycles. The van der Waals surface area contributed by atoms with Crippen LogP contribution in [0.3, 0.4) is 0 Å². The van der Waals surface area contributed by atoms with Gasteiger partial charge in [0.25, 0.3) is 5.91 Å². The molecule has 1 heterocycles. The van der Waals surface area contributed by atoms with Crippen LogP contribution in [0.2, 0.25) is 0 Å². The summed E-state index contributed by atoms with van der Waals surface area (Å²) >= 11 is 0. The number of aryl methyl sites for hydroxylation is 2. The fourth-order valence-electron chi connectivity index (χ4n) is 2.64. The molecule has 0 unspecified atom stereocenters. The molecule has 1 amide bonds. The van der Waals surface area contributed by atoms with Gasteiger partial charge in [0.1, 0.15) is 4.90 Å². The van der Waals surface area contributed by atoms with E-state index in [1.165, 1.54) is 6.07 Å². The molecule has 0 radical (unpaired) electrons. The molecular weight excluding hydrogens is 413 g/mol. The van der Waals surface area contributed by atoms with Gasteiger partial charge in [-0.2, -0.15) is 5.10 Å². The van der Waals surface area contributed by atoms with E-state index in [4.69, 9.17) is 0 Å². The zero-order chi connectivity index (χ0) is 21.5. The average Bonchev–Trinajstić information content (AvgIpc) is 2.96. The van der Waals surface area contributed by atoms with Crippen molar-refractivity contribution in [2.24, 2.45) is 0 Å². The fraction of sp³-hybridized carbons (Fsp3) is 0.158. The Bertz CT molecular complexity index is 1060. The molecule has 0 atom stereocenters. The number of halogens is 5. The number of nitrogens with one attached hydrogen (secondary N) is 1. The Hall–Kier alpha value is -2.88. The summed E-state index contributed by atoms with van der Waals surface area (Å²) in [6.45, 7) is 4.18. The molecule has 29 heavy (non-hydrogen) atoms. The molecule has 10 heteroatoms. The molecule has 0 saturated carbocycles. The SMILES string of the molecule is Cc1ccc(Cn2nc(C(=O)Nc3ccc(S(F)(F)(F)(F)F)cc3)cc2C)cc1. The van der Waals surface area contributed by atoms with Crippen molar-refractivity contribution in [3.63, 3.8) is 0 Å². The quantitative estimate of drug-likeness (QED) is 0.472. The van der Waals surface area contributed by atoms with Crippen LogP contribution in [0.4, 0.5) is 25.1 Å². The predicted octanol–water partition coefficient (Wildman–Crippen LogP) is 6.46. The molecular formula is C19H18F5N3OS. The van der Waals surface area contributed by atoms with E-state index < -0.39 is 21.0 Å². The Balaban J connectivity index is 1.74. The van der Waals surface area contributed by atoms with Gasteiger partial charge in [-0.05, 0) is 49.7 Å². The molecule has 4 nitrogen and oxygen atoms in total. The van der Waals surface area contributed by atoms with Gasteiger partial charge in [0.05, 0.1) is 6.54 Å². The smallest absolute Gasteiger partial charge is 0.310 e. The van der Waals surface area contributed by atoms with E-state index in [1.54, 1.807) is 11.6 Å². The van der Waals surface area contributed by atoms with E-state index in [1.807, 2.05) is 31.2 Å². The standard InChI is InChI=1S/C19H18F5N3OS/c1-13-3-5-15(6-4-13)12-27-14(2)11-18(26-27)19(28)25-16-7-9-17(10-8-16)29(20,21,22,23)24/h3-11H,12H2,1-2H3,(H,25,28). The van der Waals surface area contributed by atoms with Crippen LogP contribution in [0.25, 0.3) is 0 Å². The summed E-state index contributed by atoms with van der Waals surface area (Å²) in [5.41, 5.74) is 2.83. The third-order valence-electron chi connectivity index (χ3n) is 4.22. The van der Waals surface area contributed by atoms with Gasteiger partial charge < -0.3 is 5.32 Å². The fourth-order valence-corrected chi connectivity index (χ4v) is 3.29. The Morgan fingerprint density at radius 3 is 2.10 bits per heavy atom. The summed E-state index contributed by atoms with van der Waals surface area (Å²) in [4.78, 5) is 10.3. The third kappa shape index (κ3) is 5.14. The number of hydrogen-bond acceptors (Lipinski definition) is 2. The molecule has 0 spiro atoms. The van der Waals surface area contributed by atoms with Crippen LogP contribution >= 0.6 is 10.2 Å². The van der Waals surface area contributed by atoms with Gasteiger partial charge in [-0.25, -0.2) is 0 Å². The number of amides is 1. The predicted molar refractivity (Wildman–Crippen MR) is 103 cm³/mol. The van der Waals surface area contributed by atoms with Crippen molar-refractivity contribution in [1.29, 1.82) is 0 Å². The van der Waals surface area contributed by atoms with Gasteiger partial charge in [-0.1, -0.05) is 49.3 Å². The maximum atomic E-state index is 12.8. The number of anilines is 1. The lowest BCUT2D eigenvalue weighted by Crippen LogP contribution is -2.14. The Morgan fingerprint density at radius 2 is 1.55 bits per heavy atom. The lowest BCUT2D eigenvalue weighted by atomic mass is 10.1. The van der Waals surface area contributed by atoms with Crippen molar-refractivity contribution in [1.82, 2.24) is 9.78 Å². The topological polar surface area (TPSA) is 46.9 Å². The van der Waals surface area contributed by atoms with Gasteiger partial charge in [0.2, 0.25) is 0 Å². The summed E-state index contributed by atoms with van der Waals surface area (Å²) in [5, 5.41) is 6.57. The van der Waals surface area contributed by atoms with Gasteiger partial charge in [0, 0.05) is 11.4 Å². The van der Waals surface area contributed by atoms with Crippen molar-refractivity contribution in [2.45, 2.75) is 25.3 Å². The Kier molecular flexibility index (Phi) is 4.54. The minimum absolute atomic E-state index is 0.0497. The molecule has 0 saturated heterocycles. The van der Waals surface area contributed by atoms with Gasteiger partial charge in [0.15, 0.2) is 5.69 Å². The molecule has 1 N–H and O–H groups in total. The maximum absolute atomic E-state index is 12.8. The normalized spacial score (nSPS) is 14.2. The van der Waals surface area contributed by atoms with Gasteiger partial charge in [-0.3, -0.25) is 9.48 Å². The van der Waals surface area contributed by atoms with Crippen LogP contribution in [-0.4, -0.2) is 15.7 Å². The number of carbonyl (C=O) groups excluding carboxylic acids is 1. The van der Waals surface area contributed by atoms with Crippen molar-refractivity contribution in [2.75, 3.05) is 5.32 Å². The lowest BCUT2D eigenvalue weighted by Gasteiger charge is -2.40. The summed E-state index contributed by atoms with van der Waals surface area (Å²) in [6.07, 6.45) is 0. The van der Waals surface area contributed by atoms with E-state index in [9.17, 15) is 24.2 Å². The van der Waals surface area contributed by atoms with E-state index in [0.717, 1.165) is 23.3 Å². The Labute approximate surface area is 164 Å². The van der Waals surface area contributed by atoms with Crippen molar-refractivity contribution in [3.8, 4) is 0 Å². The summed E-state index contributed by atoms with van der Waals surface area (Å²) in [7, 11) is -9.74. The highest BCUT2D eigenvalue weighted by Gasteiger charge is 2.65. The number of benzene rings is 2. The third-order valence-corrected chi connectivity index (χ3v) is 5.39. The molecule has 156 valence electrons. The lowest BCUT2D eigenvalue weighted by molar-refractivity contribution is 0.102. The van der Waals surface area contributed by atoms with Crippen molar-refractivity contribution < 1.29 is 24.2 Å². The first kappa shape index (κ1) is 20.8. The van der Waals surface area contributed by atoms with Crippen molar-refractivity contribution >= 4 is 21.8 Å². The second-order valence-electron chi connectivity index (χ2n) is 6.76.